The van der Waals surface area contributed by atoms with E-state index >= 15 is 0 Å². The van der Waals surface area contributed by atoms with Gasteiger partial charge < -0.3 is 14.9 Å². The Morgan fingerprint density at radius 2 is 1.43 bits per heavy atom. The van der Waals surface area contributed by atoms with E-state index < -0.39 is 0 Å². The van der Waals surface area contributed by atoms with Crippen molar-refractivity contribution in [3.63, 3.8) is 0 Å². The summed E-state index contributed by atoms with van der Waals surface area (Å²) < 4.78 is 4.86. The smallest absolute Gasteiger partial charge is 0.0689 e. The Morgan fingerprint density at radius 1 is 0.679 bits per heavy atom. The van der Waals surface area contributed by atoms with Gasteiger partial charge in [0.15, 0.2) is 0 Å². The fourth-order valence-electron chi connectivity index (χ4n) is 7.87. The molecule has 0 unspecified atom stereocenters. The Morgan fingerprint density at radius 3 is 2.26 bits per heavy atom. The summed E-state index contributed by atoms with van der Waals surface area (Å²) in [5, 5.41) is 4.92. The van der Waals surface area contributed by atoms with Crippen LogP contribution in [0.5, 0.6) is 0 Å². The number of para-hydroxylation sites is 3. The fraction of sp³-hybridized carbons (Fsp3) is 0.0833. The van der Waals surface area contributed by atoms with E-state index in [2.05, 4.69) is 172 Å². The van der Waals surface area contributed by atoms with Crippen LogP contribution in [0.15, 0.2) is 186 Å². The van der Waals surface area contributed by atoms with Crippen LogP contribution in [0.1, 0.15) is 24.2 Å². The molecule has 3 aromatic heterocycles. The van der Waals surface area contributed by atoms with Gasteiger partial charge in [0.05, 0.1) is 40.0 Å². The average Bonchev–Trinajstić information content (AvgIpc) is 3.73. The van der Waals surface area contributed by atoms with Crippen LogP contribution in [0, 0.1) is 0 Å². The molecule has 9 rings (SSSR count). The minimum atomic E-state index is 0.644. The lowest BCUT2D eigenvalue weighted by molar-refractivity contribution is 1.01. The standard InChI is InChI=1S/C48H39N5/c49-28-26-36(34-15-6-3-7-16-34)31-37-32-39(33-43(51-37)35-17-5-1-2-14-29-50-30-27-35)52-45-23-13-11-21-42(45)47-46(52)25-24-41-40-20-10-12-22-44(40)53(48(41)47)38-18-8-4-9-19-38/h1-15,18-28,30,32-33H,16-17,29,31,49H2/b5-1-,14-2-,28-26-,35-27+,36-34+,50-30?. The quantitative estimate of drug-likeness (QED) is 0.189. The van der Waals surface area contributed by atoms with Gasteiger partial charge in [-0.25, -0.2) is 0 Å². The number of rotatable bonds is 6. The second-order valence-electron chi connectivity index (χ2n) is 13.4. The number of aromatic nitrogens is 3. The maximum absolute atomic E-state index is 6.04. The molecule has 0 fully saturated rings. The number of pyridine rings is 1. The first kappa shape index (κ1) is 32.2. The van der Waals surface area contributed by atoms with Gasteiger partial charge in [0.2, 0.25) is 0 Å². The second kappa shape index (κ2) is 14.1. The highest BCUT2D eigenvalue weighted by molar-refractivity contribution is 6.26. The highest BCUT2D eigenvalue weighted by Gasteiger charge is 2.21. The SMILES string of the molecule is N/C=C\C(Cc1cc(-n2c3ccccc3c3c2ccc2c4ccccc4n(-c4ccccc4)c23)cc(/C2=C/C=NC/C=C\C=C/C2)n1)=C1\C=CC=CC1. The lowest BCUT2D eigenvalue weighted by Crippen LogP contribution is -2.04. The van der Waals surface area contributed by atoms with Crippen molar-refractivity contribution in [1.82, 2.24) is 14.1 Å². The van der Waals surface area contributed by atoms with Crippen molar-refractivity contribution < 1.29 is 0 Å². The molecular formula is C48H39N5. The van der Waals surface area contributed by atoms with E-state index in [9.17, 15) is 0 Å². The highest BCUT2D eigenvalue weighted by atomic mass is 15.0. The predicted octanol–water partition coefficient (Wildman–Crippen LogP) is 11.1. The summed E-state index contributed by atoms with van der Waals surface area (Å²) in [5.74, 6) is 0. The molecule has 0 amide bonds. The van der Waals surface area contributed by atoms with Crippen molar-refractivity contribution in [1.29, 1.82) is 0 Å². The van der Waals surface area contributed by atoms with Crippen LogP contribution >= 0.6 is 0 Å². The Balaban J connectivity index is 1.33. The van der Waals surface area contributed by atoms with Crippen LogP contribution < -0.4 is 5.73 Å². The molecule has 0 bridgehead atoms. The zero-order valence-electron chi connectivity index (χ0n) is 29.4. The summed E-state index contributed by atoms with van der Waals surface area (Å²) in [7, 11) is 0. The maximum atomic E-state index is 6.04. The predicted molar refractivity (Wildman–Crippen MR) is 224 cm³/mol. The molecule has 1 aliphatic heterocycles. The molecule has 2 N–H and O–H groups in total. The third-order valence-corrected chi connectivity index (χ3v) is 10.2. The number of hydrogen-bond donors (Lipinski definition) is 1. The van der Waals surface area contributed by atoms with Crippen LogP contribution in [0.2, 0.25) is 0 Å². The van der Waals surface area contributed by atoms with Crippen molar-refractivity contribution in [3.8, 4) is 11.4 Å². The molecule has 53 heavy (non-hydrogen) atoms. The Bertz CT molecular complexity index is 2780. The number of allylic oxidation sites excluding steroid dienone is 12. The van der Waals surface area contributed by atoms with Gasteiger partial charge in [-0.15, -0.1) is 0 Å². The molecule has 0 spiro atoms. The summed E-state index contributed by atoms with van der Waals surface area (Å²) in [6.45, 7) is 0.646. The first-order chi connectivity index (χ1) is 26.3. The number of benzene rings is 4. The summed E-state index contributed by atoms with van der Waals surface area (Å²) in [5.41, 5.74) is 18.4. The van der Waals surface area contributed by atoms with Gasteiger partial charge in [-0.3, -0.25) is 9.98 Å². The van der Waals surface area contributed by atoms with E-state index in [0.29, 0.717) is 13.0 Å². The summed E-state index contributed by atoms with van der Waals surface area (Å²) in [6.07, 6.45) is 26.9. The van der Waals surface area contributed by atoms with Gasteiger partial charge in [-0.1, -0.05) is 109 Å². The Hall–Kier alpha value is -6.72. The zero-order chi connectivity index (χ0) is 35.6. The Kier molecular flexibility index (Phi) is 8.58. The van der Waals surface area contributed by atoms with Gasteiger partial charge in [0, 0.05) is 45.6 Å². The highest BCUT2D eigenvalue weighted by Crippen LogP contribution is 2.42. The lowest BCUT2D eigenvalue weighted by atomic mass is 9.96. The van der Waals surface area contributed by atoms with Gasteiger partial charge >= 0.3 is 0 Å². The summed E-state index contributed by atoms with van der Waals surface area (Å²) in [6, 6.07) is 37.3. The molecule has 0 atom stereocenters. The zero-order valence-corrected chi connectivity index (χ0v) is 29.4. The van der Waals surface area contributed by atoms with E-state index in [0.717, 1.165) is 57.8 Å². The van der Waals surface area contributed by atoms with Crippen molar-refractivity contribution >= 4 is 55.4 Å². The van der Waals surface area contributed by atoms with E-state index in [-0.39, 0.29) is 0 Å². The van der Waals surface area contributed by atoms with Crippen LogP contribution in [0.25, 0.3) is 60.6 Å². The molecular weight excluding hydrogens is 647 g/mol. The van der Waals surface area contributed by atoms with Crippen molar-refractivity contribution in [2.75, 3.05) is 6.54 Å². The molecule has 1 aliphatic carbocycles. The monoisotopic (exact) mass is 685 g/mol. The van der Waals surface area contributed by atoms with E-state index in [1.165, 1.54) is 38.2 Å². The minimum Gasteiger partial charge on any atom is -0.405 e. The van der Waals surface area contributed by atoms with Gasteiger partial charge in [-0.05, 0) is 90.4 Å². The normalized spacial score (nSPS) is 17.9. The third-order valence-electron chi connectivity index (χ3n) is 10.2. The molecule has 0 saturated carbocycles. The largest absolute Gasteiger partial charge is 0.405 e. The number of nitrogens with two attached hydrogens (primary N) is 1. The van der Waals surface area contributed by atoms with Gasteiger partial charge in [-0.2, -0.15) is 0 Å². The van der Waals surface area contributed by atoms with Crippen molar-refractivity contribution in [2.45, 2.75) is 19.3 Å². The number of fused-ring (bicyclic) bond motifs is 7. The second-order valence-corrected chi connectivity index (χ2v) is 13.4. The minimum absolute atomic E-state index is 0.644. The van der Waals surface area contributed by atoms with Gasteiger partial charge in [0.25, 0.3) is 0 Å². The van der Waals surface area contributed by atoms with Crippen molar-refractivity contribution in [2.24, 2.45) is 10.7 Å². The first-order valence-corrected chi connectivity index (χ1v) is 18.2. The molecule has 5 heteroatoms. The molecule has 256 valence electrons. The molecule has 7 aromatic rings. The van der Waals surface area contributed by atoms with Crippen LogP contribution in [0.3, 0.4) is 0 Å². The third kappa shape index (κ3) is 5.96. The summed E-state index contributed by atoms with van der Waals surface area (Å²) >= 11 is 0. The van der Waals surface area contributed by atoms with Gasteiger partial charge in [0.1, 0.15) is 0 Å². The molecule has 2 aliphatic rings. The number of hydrogen-bond acceptors (Lipinski definition) is 3. The summed E-state index contributed by atoms with van der Waals surface area (Å²) in [4.78, 5) is 9.95. The topological polar surface area (TPSA) is 61.1 Å². The lowest BCUT2D eigenvalue weighted by Gasteiger charge is -2.16. The Labute approximate surface area is 309 Å². The number of aliphatic imine (C=N–C) groups is 1. The van der Waals surface area contributed by atoms with Crippen LogP contribution in [-0.4, -0.2) is 26.9 Å². The molecule has 5 nitrogen and oxygen atoms in total. The first-order valence-electron chi connectivity index (χ1n) is 18.2. The molecule has 4 aromatic carbocycles. The molecule has 0 radical (unpaired) electrons. The maximum Gasteiger partial charge on any atom is 0.0689 e. The average molecular weight is 686 g/mol. The van der Waals surface area contributed by atoms with E-state index in [1.54, 1.807) is 6.20 Å². The fourth-order valence-corrected chi connectivity index (χ4v) is 7.87. The van der Waals surface area contributed by atoms with Crippen LogP contribution in [-0.2, 0) is 6.42 Å². The molecule has 0 saturated heterocycles. The van der Waals surface area contributed by atoms with E-state index in [1.807, 2.05) is 12.3 Å². The van der Waals surface area contributed by atoms with Crippen LogP contribution in [0.4, 0.5) is 0 Å². The molecule has 4 heterocycles. The van der Waals surface area contributed by atoms with Crippen molar-refractivity contribution in [3.05, 3.63) is 193 Å². The number of nitrogens with zero attached hydrogens (tertiary/aromatic N) is 4. The van der Waals surface area contributed by atoms with E-state index in [4.69, 9.17) is 10.7 Å².